The topological polar surface area (TPSA) is 107 Å². The number of nitro groups is 1. The minimum Gasteiger partial charge on any atom is -0.324 e. The molecule has 0 saturated heterocycles. The van der Waals surface area contributed by atoms with Crippen molar-refractivity contribution in [2.75, 3.05) is 5.32 Å². The molecule has 1 N–H and O–H groups in total. The van der Waals surface area contributed by atoms with Crippen molar-refractivity contribution in [3.63, 3.8) is 0 Å². The highest BCUT2D eigenvalue weighted by atomic mass is 32.1. The lowest BCUT2D eigenvalue weighted by Gasteiger charge is -2.09. The molecular formula is C21H16N4O4S. The number of non-ortho nitro benzene ring substituents is 1. The molecule has 1 amide bonds. The van der Waals surface area contributed by atoms with Gasteiger partial charge in [-0.1, -0.05) is 36.4 Å². The molecule has 0 aliphatic carbocycles. The second-order valence-corrected chi connectivity index (χ2v) is 7.71. The zero-order valence-corrected chi connectivity index (χ0v) is 16.7. The van der Waals surface area contributed by atoms with Crippen LogP contribution in [0.5, 0.6) is 0 Å². The number of carbonyl (C=O) groups excluding carboxylic acids is 1. The number of fused-ring (bicyclic) bond motifs is 1. The largest absolute Gasteiger partial charge is 0.324 e. The van der Waals surface area contributed by atoms with Crippen molar-refractivity contribution in [1.29, 1.82) is 0 Å². The molecular weight excluding hydrogens is 404 g/mol. The van der Waals surface area contributed by atoms with E-state index in [2.05, 4.69) is 10.3 Å². The maximum absolute atomic E-state index is 12.8. The number of hydrogen-bond donors (Lipinski definition) is 1. The molecule has 9 heteroatoms. The van der Waals surface area contributed by atoms with E-state index >= 15 is 0 Å². The normalized spacial score (nSPS) is 10.8. The molecule has 0 aliphatic heterocycles. The molecule has 0 unspecified atom stereocenters. The number of carbonyl (C=O) groups is 1. The summed E-state index contributed by atoms with van der Waals surface area (Å²) in [6, 6.07) is 15.7. The number of thiophene rings is 1. The Morgan fingerprint density at radius 1 is 1.20 bits per heavy atom. The van der Waals surface area contributed by atoms with Crippen LogP contribution in [0.25, 0.3) is 20.7 Å². The summed E-state index contributed by atoms with van der Waals surface area (Å²) in [6.07, 6.45) is 1.34. The number of hydrogen-bond acceptors (Lipinski definition) is 6. The van der Waals surface area contributed by atoms with Crippen molar-refractivity contribution in [1.82, 2.24) is 9.55 Å². The van der Waals surface area contributed by atoms with Crippen LogP contribution in [0.2, 0.25) is 0 Å². The van der Waals surface area contributed by atoms with Crippen molar-refractivity contribution < 1.29 is 9.72 Å². The lowest BCUT2D eigenvalue weighted by molar-refractivity contribution is -0.384. The summed E-state index contributed by atoms with van der Waals surface area (Å²) in [4.78, 5) is 41.6. The Labute approximate surface area is 174 Å². The Balaban J connectivity index is 1.59. The highest BCUT2D eigenvalue weighted by Gasteiger charge is 2.14. The third kappa shape index (κ3) is 3.83. The van der Waals surface area contributed by atoms with E-state index in [4.69, 9.17) is 0 Å². The molecule has 2 heterocycles. The van der Waals surface area contributed by atoms with Gasteiger partial charge in [0.25, 0.3) is 11.2 Å². The first-order valence-corrected chi connectivity index (χ1v) is 9.83. The first-order chi connectivity index (χ1) is 14.4. The zero-order valence-electron chi connectivity index (χ0n) is 15.9. The molecule has 0 spiro atoms. The van der Waals surface area contributed by atoms with Gasteiger partial charge in [0.15, 0.2) is 0 Å². The average Bonchev–Trinajstić information content (AvgIpc) is 3.17. The summed E-state index contributed by atoms with van der Waals surface area (Å²) in [5, 5.41) is 14.0. The van der Waals surface area contributed by atoms with Crippen molar-refractivity contribution in [3.8, 4) is 10.4 Å². The van der Waals surface area contributed by atoms with Gasteiger partial charge in [-0.05, 0) is 24.1 Å². The van der Waals surface area contributed by atoms with Crippen LogP contribution >= 0.6 is 11.3 Å². The van der Waals surface area contributed by atoms with E-state index in [1.54, 1.807) is 19.1 Å². The lowest BCUT2D eigenvalue weighted by Crippen LogP contribution is -2.27. The molecule has 150 valence electrons. The summed E-state index contributed by atoms with van der Waals surface area (Å²) in [7, 11) is 0. The van der Waals surface area contributed by atoms with Crippen LogP contribution in [-0.4, -0.2) is 20.4 Å². The van der Waals surface area contributed by atoms with E-state index in [-0.39, 0.29) is 17.8 Å². The Hall–Kier alpha value is -3.85. The van der Waals surface area contributed by atoms with E-state index in [0.717, 1.165) is 10.4 Å². The van der Waals surface area contributed by atoms with Crippen molar-refractivity contribution in [2.24, 2.45) is 0 Å². The Morgan fingerprint density at radius 2 is 1.97 bits per heavy atom. The number of rotatable bonds is 5. The van der Waals surface area contributed by atoms with Gasteiger partial charge in [0, 0.05) is 17.0 Å². The van der Waals surface area contributed by atoms with Gasteiger partial charge in [0.2, 0.25) is 5.91 Å². The quantitative estimate of drug-likeness (QED) is 0.388. The summed E-state index contributed by atoms with van der Waals surface area (Å²) >= 11 is 1.41. The number of aryl methyl sites for hydroxylation is 1. The summed E-state index contributed by atoms with van der Waals surface area (Å²) in [5.74, 6) is -0.472. The van der Waals surface area contributed by atoms with Gasteiger partial charge in [-0.3, -0.25) is 24.3 Å². The maximum Gasteiger partial charge on any atom is 0.271 e. The van der Waals surface area contributed by atoms with Crippen LogP contribution in [0.3, 0.4) is 0 Å². The molecule has 0 radical (unpaired) electrons. The highest BCUT2D eigenvalue weighted by molar-refractivity contribution is 7.21. The van der Waals surface area contributed by atoms with Gasteiger partial charge in [-0.25, -0.2) is 4.98 Å². The van der Waals surface area contributed by atoms with Crippen LogP contribution in [0, 0.1) is 17.0 Å². The van der Waals surface area contributed by atoms with E-state index < -0.39 is 10.8 Å². The number of anilines is 1. The third-order valence-electron chi connectivity index (χ3n) is 4.60. The maximum atomic E-state index is 12.8. The van der Waals surface area contributed by atoms with E-state index in [1.165, 1.54) is 34.4 Å². The SMILES string of the molecule is Cc1ccc([N+](=O)[O-])cc1NC(=O)Cn1cnc2sc(-c3ccccc3)cc2c1=O. The molecule has 2 aromatic carbocycles. The number of nitrogens with one attached hydrogen (secondary N) is 1. The average molecular weight is 420 g/mol. The van der Waals surface area contributed by atoms with E-state index in [1.807, 2.05) is 30.3 Å². The van der Waals surface area contributed by atoms with Gasteiger partial charge in [0.1, 0.15) is 11.4 Å². The number of amides is 1. The smallest absolute Gasteiger partial charge is 0.271 e. The molecule has 30 heavy (non-hydrogen) atoms. The molecule has 2 aromatic heterocycles. The van der Waals surface area contributed by atoms with Gasteiger partial charge in [-0.15, -0.1) is 11.3 Å². The monoisotopic (exact) mass is 420 g/mol. The predicted molar refractivity (Wildman–Crippen MR) is 116 cm³/mol. The third-order valence-corrected chi connectivity index (χ3v) is 5.69. The second kappa shape index (κ2) is 7.88. The Bertz CT molecular complexity index is 1330. The van der Waals surface area contributed by atoms with Gasteiger partial charge >= 0.3 is 0 Å². The minimum absolute atomic E-state index is 0.122. The van der Waals surface area contributed by atoms with Gasteiger partial charge < -0.3 is 5.32 Å². The van der Waals surface area contributed by atoms with Crippen molar-refractivity contribution in [3.05, 3.63) is 87.0 Å². The first-order valence-electron chi connectivity index (χ1n) is 9.01. The molecule has 0 saturated carbocycles. The molecule has 0 fully saturated rings. The molecule has 4 rings (SSSR count). The summed E-state index contributed by atoms with van der Waals surface area (Å²) in [5.41, 5.74) is 1.57. The number of nitrogens with zero attached hydrogens (tertiary/aromatic N) is 3. The Kier molecular flexibility index (Phi) is 5.11. The predicted octanol–water partition coefficient (Wildman–Crippen LogP) is 3.98. The van der Waals surface area contributed by atoms with Crippen LogP contribution in [0.4, 0.5) is 11.4 Å². The fourth-order valence-corrected chi connectivity index (χ4v) is 4.01. The fraction of sp³-hybridized carbons (Fsp3) is 0.0952. The molecule has 4 aromatic rings. The highest BCUT2D eigenvalue weighted by Crippen LogP contribution is 2.30. The lowest BCUT2D eigenvalue weighted by atomic mass is 10.2. The second-order valence-electron chi connectivity index (χ2n) is 6.68. The minimum atomic E-state index is -0.529. The van der Waals surface area contributed by atoms with Crippen molar-refractivity contribution >= 4 is 38.8 Å². The first kappa shape index (κ1) is 19.5. The molecule has 0 atom stereocenters. The van der Waals surface area contributed by atoms with Gasteiger partial charge in [0.05, 0.1) is 22.3 Å². The van der Waals surface area contributed by atoms with Crippen LogP contribution in [-0.2, 0) is 11.3 Å². The van der Waals surface area contributed by atoms with E-state index in [0.29, 0.717) is 21.5 Å². The molecule has 0 aliphatic rings. The standard InChI is InChI=1S/C21H16N4O4S/c1-13-7-8-15(25(28)29)9-17(13)23-19(26)11-24-12-22-20-16(21(24)27)10-18(30-20)14-5-3-2-4-6-14/h2-10,12H,11H2,1H3,(H,23,26). The molecule has 0 bridgehead atoms. The molecule has 8 nitrogen and oxygen atoms in total. The number of aromatic nitrogens is 2. The van der Waals surface area contributed by atoms with E-state index in [9.17, 15) is 19.7 Å². The van der Waals surface area contributed by atoms with Crippen molar-refractivity contribution in [2.45, 2.75) is 13.5 Å². The summed E-state index contributed by atoms with van der Waals surface area (Å²) < 4.78 is 1.23. The van der Waals surface area contributed by atoms with Crippen LogP contribution in [0.15, 0.2) is 65.7 Å². The number of benzene rings is 2. The fourth-order valence-electron chi connectivity index (χ4n) is 3.02. The van der Waals surface area contributed by atoms with Crippen LogP contribution in [0.1, 0.15) is 5.56 Å². The number of nitro benzene ring substituents is 1. The van der Waals surface area contributed by atoms with Crippen LogP contribution < -0.4 is 10.9 Å². The zero-order chi connectivity index (χ0) is 21.3. The Morgan fingerprint density at radius 3 is 2.70 bits per heavy atom. The summed E-state index contributed by atoms with van der Waals surface area (Å²) in [6.45, 7) is 1.48. The van der Waals surface area contributed by atoms with Gasteiger partial charge in [-0.2, -0.15) is 0 Å².